The molecule has 2 amide bonds. The van der Waals surface area contributed by atoms with Crippen molar-refractivity contribution >= 4 is 29.3 Å². The molecule has 1 heterocycles. The van der Waals surface area contributed by atoms with Crippen LogP contribution in [0.5, 0.6) is 0 Å². The summed E-state index contributed by atoms with van der Waals surface area (Å²) in [6, 6.07) is 14.7. The summed E-state index contributed by atoms with van der Waals surface area (Å²) in [5, 5.41) is 15.0. The summed E-state index contributed by atoms with van der Waals surface area (Å²) in [4.78, 5) is 25.0. The van der Waals surface area contributed by atoms with Crippen molar-refractivity contribution in [2.45, 2.75) is 38.5 Å². The molecule has 0 saturated heterocycles. The Balaban J connectivity index is 1.67. The fourth-order valence-electron chi connectivity index (χ4n) is 3.16. The Bertz CT molecular complexity index is 1110. The van der Waals surface area contributed by atoms with E-state index in [-0.39, 0.29) is 23.6 Å². The van der Waals surface area contributed by atoms with Crippen molar-refractivity contribution in [3.05, 3.63) is 83.7 Å². The second-order valence-electron chi connectivity index (χ2n) is 7.45. The molecule has 166 valence electrons. The van der Waals surface area contributed by atoms with Gasteiger partial charge >= 0.3 is 0 Å². The van der Waals surface area contributed by atoms with Gasteiger partial charge in [0.15, 0.2) is 11.0 Å². The number of amides is 2. The van der Waals surface area contributed by atoms with Gasteiger partial charge in [0.1, 0.15) is 0 Å². The summed E-state index contributed by atoms with van der Waals surface area (Å²) in [6.07, 6.45) is 1.74. The summed E-state index contributed by atoms with van der Waals surface area (Å²) < 4.78 is 1.86. The Kier molecular flexibility index (Phi) is 7.83. The van der Waals surface area contributed by atoms with E-state index in [0.717, 1.165) is 16.8 Å². The molecule has 3 aromatic rings. The van der Waals surface area contributed by atoms with Crippen LogP contribution in [-0.4, -0.2) is 32.3 Å². The third-order valence-electron chi connectivity index (χ3n) is 4.85. The smallest absolute Gasteiger partial charge is 0.252 e. The Hall–Kier alpha value is -3.39. The van der Waals surface area contributed by atoms with E-state index >= 15 is 0 Å². The average molecular weight is 450 g/mol. The molecule has 2 aromatic carbocycles. The number of carbonyl (C=O) groups is 2. The summed E-state index contributed by atoms with van der Waals surface area (Å²) in [5.41, 5.74) is 3.41. The molecule has 1 aromatic heterocycles. The van der Waals surface area contributed by atoms with Gasteiger partial charge in [0.2, 0.25) is 5.91 Å². The van der Waals surface area contributed by atoms with Crippen molar-refractivity contribution in [1.29, 1.82) is 0 Å². The second-order valence-corrected chi connectivity index (χ2v) is 8.40. The first kappa shape index (κ1) is 23.3. The highest BCUT2D eigenvalue weighted by Crippen LogP contribution is 2.22. The lowest BCUT2D eigenvalue weighted by Crippen LogP contribution is -2.29. The summed E-state index contributed by atoms with van der Waals surface area (Å²) >= 11 is 1.29. The minimum absolute atomic E-state index is 0.130. The molecule has 32 heavy (non-hydrogen) atoms. The minimum Gasteiger partial charge on any atom is -0.342 e. The number of anilines is 1. The highest BCUT2D eigenvalue weighted by Gasteiger charge is 2.21. The molecule has 1 unspecified atom stereocenters. The number of nitrogens with one attached hydrogen (secondary N) is 2. The van der Waals surface area contributed by atoms with Gasteiger partial charge in [0.05, 0.1) is 11.8 Å². The zero-order chi connectivity index (χ0) is 23.1. The van der Waals surface area contributed by atoms with Crippen LogP contribution < -0.4 is 10.6 Å². The predicted molar refractivity (Wildman–Crippen MR) is 128 cm³/mol. The van der Waals surface area contributed by atoms with Crippen LogP contribution in [0.1, 0.15) is 40.3 Å². The van der Waals surface area contributed by atoms with Gasteiger partial charge in [-0.2, -0.15) is 0 Å². The fourth-order valence-corrected chi connectivity index (χ4v) is 3.91. The number of hydrogen-bond donors (Lipinski definition) is 2. The standard InChI is InChI=1S/C24H27N5O2S/c1-5-14-29-22(18(4)25-23(31)20-9-7-6-8-17(20)3)27-28-24(29)32-15-21(30)26-19-12-10-16(2)11-13-19/h5-13,18H,1,14-15H2,2-4H3,(H,25,31)(H,26,30). The maximum atomic E-state index is 12.7. The predicted octanol–water partition coefficient (Wildman–Crippen LogP) is 4.30. The van der Waals surface area contributed by atoms with Crippen LogP contribution in [0, 0.1) is 13.8 Å². The first-order chi connectivity index (χ1) is 15.4. The Morgan fingerprint density at radius 3 is 2.53 bits per heavy atom. The zero-order valence-corrected chi connectivity index (χ0v) is 19.3. The zero-order valence-electron chi connectivity index (χ0n) is 18.5. The lowest BCUT2D eigenvalue weighted by atomic mass is 10.1. The fraction of sp³-hybridized carbons (Fsp3) is 0.250. The summed E-state index contributed by atoms with van der Waals surface area (Å²) in [5.74, 6) is 0.491. The van der Waals surface area contributed by atoms with Crippen LogP contribution in [0.4, 0.5) is 5.69 Å². The molecule has 3 rings (SSSR count). The summed E-state index contributed by atoms with van der Waals surface area (Å²) in [7, 11) is 0. The van der Waals surface area contributed by atoms with Crippen LogP contribution >= 0.6 is 11.8 Å². The highest BCUT2D eigenvalue weighted by molar-refractivity contribution is 7.99. The van der Waals surface area contributed by atoms with Gasteiger partial charge in [-0.3, -0.25) is 9.59 Å². The number of aromatic nitrogens is 3. The second kappa shape index (κ2) is 10.8. The molecule has 0 radical (unpaired) electrons. The lowest BCUT2D eigenvalue weighted by Gasteiger charge is -2.16. The number of aryl methyl sites for hydroxylation is 2. The molecule has 0 aliphatic heterocycles. The van der Waals surface area contributed by atoms with E-state index < -0.39 is 0 Å². The van der Waals surface area contributed by atoms with Crippen molar-refractivity contribution in [3.63, 3.8) is 0 Å². The lowest BCUT2D eigenvalue weighted by molar-refractivity contribution is -0.113. The Labute approximate surface area is 192 Å². The normalized spacial score (nSPS) is 11.6. The third-order valence-corrected chi connectivity index (χ3v) is 5.82. The summed E-state index contributed by atoms with van der Waals surface area (Å²) in [6.45, 7) is 10.0. The topological polar surface area (TPSA) is 88.9 Å². The molecule has 0 saturated carbocycles. The molecule has 2 N–H and O–H groups in total. The Morgan fingerprint density at radius 1 is 1.12 bits per heavy atom. The van der Waals surface area contributed by atoms with E-state index in [4.69, 9.17) is 0 Å². The SMILES string of the molecule is C=CCn1c(SCC(=O)Nc2ccc(C)cc2)nnc1C(C)NC(=O)c1ccccc1C. The van der Waals surface area contributed by atoms with Gasteiger partial charge < -0.3 is 15.2 Å². The molecule has 1 atom stereocenters. The van der Waals surface area contributed by atoms with Gasteiger partial charge in [-0.15, -0.1) is 16.8 Å². The maximum Gasteiger partial charge on any atom is 0.252 e. The van der Waals surface area contributed by atoms with E-state index in [1.807, 2.05) is 67.8 Å². The largest absolute Gasteiger partial charge is 0.342 e. The number of benzene rings is 2. The molecule has 0 aliphatic carbocycles. The average Bonchev–Trinajstić information content (AvgIpc) is 3.17. The first-order valence-corrected chi connectivity index (χ1v) is 11.3. The number of rotatable bonds is 9. The van der Waals surface area contributed by atoms with Crippen LogP contribution in [-0.2, 0) is 11.3 Å². The van der Waals surface area contributed by atoms with Crippen molar-refractivity contribution in [2.24, 2.45) is 0 Å². The van der Waals surface area contributed by atoms with Crippen molar-refractivity contribution < 1.29 is 9.59 Å². The molecule has 0 spiro atoms. The first-order valence-electron chi connectivity index (χ1n) is 10.3. The monoisotopic (exact) mass is 449 g/mol. The minimum atomic E-state index is -0.370. The molecule has 0 aliphatic rings. The Morgan fingerprint density at radius 2 is 1.84 bits per heavy atom. The highest BCUT2D eigenvalue weighted by atomic mass is 32.2. The van der Waals surface area contributed by atoms with Gasteiger partial charge in [0, 0.05) is 17.8 Å². The number of carbonyl (C=O) groups excluding carboxylic acids is 2. The van der Waals surface area contributed by atoms with Crippen LogP contribution in [0.25, 0.3) is 0 Å². The van der Waals surface area contributed by atoms with E-state index in [1.165, 1.54) is 11.8 Å². The molecule has 8 heteroatoms. The van der Waals surface area contributed by atoms with Crippen LogP contribution in [0.15, 0.2) is 66.3 Å². The third kappa shape index (κ3) is 5.85. The van der Waals surface area contributed by atoms with E-state index in [1.54, 1.807) is 12.1 Å². The van der Waals surface area contributed by atoms with Crippen LogP contribution in [0.3, 0.4) is 0 Å². The van der Waals surface area contributed by atoms with Gasteiger partial charge in [-0.25, -0.2) is 0 Å². The molecular formula is C24H27N5O2S. The van der Waals surface area contributed by atoms with Gasteiger partial charge in [0.25, 0.3) is 5.91 Å². The number of hydrogen-bond acceptors (Lipinski definition) is 5. The quantitative estimate of drug-likeness (QED) is 0.376. The molecule has 7 nitrogen and oxygen atoms in total. The van der Waals surface area contributed by atoms with Crippen molar-refractivity contribution in [2.75, 3.05) is 11.1 Å². The van der Waals surface area contributed by atoms with E-state index in [9.17, 15) is 9.59 Å². The van der Waals surface area contributed by atoms with Crippen molar-refractivity contribution in [1.82, 2.24) is 20.1 Å². The van der Waals surface area contributed by atoms with Gasteiger partial charge in [-0.1, -0.05) is 53.7 Å². The van der Waals surface area contributed by atoms with E-state index in [2.05, 4.69) is 27.4 Å². The number of allylic oxidation sites excluding steroid dienone is 1. The van der Waals surface area contributed by atoms with E-state index in [0.29, 0.717) is 23.1 Å². The molecule has 0 bridgehead atoms. The number of nitrogens with zero attached hydrogens (tertiary/aromatic N) is 3. The van der Waals surface area contributed by atoms with Crippen LogP contribution in [0.2, 0.25) is 0 Å². The molecule has 0 fully saturated rings. The molecular weight excluding hydrogens is 422 g/mol. The number of thioether (sulfide) groups is 1. The van der Waals surface area contributed by atoms with Gasteiger partial charge in [-0.05, 0) is 44.5 Å². The van der Waals surface area contributed by atoms with Crippen molar-refractivity contribution in [3.8, 4) is 0 Å². The maximum absolute atomic E-state index is 12.7.